The van der Waals surface area contributed by atoms with Gasteiger partial charge in [-0.2, -0.15) is 5.26 Å². The minimum absolute atomic E-state index is 0.0749. The fraction of sp³-hybridized carbons (Fsp3) is 0.500. The topological polar surface area (TPSA) is 54.3 Å². The van der Waals surface area contributed by atoms with Crippen molar-refractivity contribution < 1.29 is 9.47 Å². The van der Waals surface area contributed by atoms with Crippen molar-refractivity contribution in [2.45, 2.75) is 26.4 Å². The molecule has 0 heterocycles. The summed E-state index contributed by atoms with van der Waals surface area (Å²) in [5, 5.41) is 11.9. The third-order valence-corrected chi connectivity index (χ3v) is 2.48. The summed E-state index contributed by atoms with van der Waals surface area (Å²) in [6, 6.07) is 9.99. The van der Waals surface area contributed by atoms with Crippen LogP contribution >= 0.6 is 0 Å². The molecule has 4 nitrogen and oxygen atoms in total. The number of nitriles is 1. The van der Waals surface area contributed by atoms with Gasteiger partial charge in [-0.05, 0) is 19.9 Å². The van der Waals surface area contributed by atoms with E-state index in [1.165, 1.54) is 0 Å². The Balaban J connectivity index is 2.48. The number of hydrogen-bond acceptors (Lipinski definition) is 4. The van der Waals surface area contributed by atoms with Gasteiger partial charge < -0.3 is 14.8 Å². The first kappa shape index (κ1) is 14.5. The van der Waals surface area contributed by atoms with Gasteiger partial charge in [-0.15, -0.1) is 0 Å². The van der Waals surface area contributed by atoms with Crippen LogP contribution in [0.1, 0.15) is 19.4 Å². The van der Waals surface area contributed by atoms with Crippen LogP contribution in [0.4, 0.5) is 0 Å². The van der Waals surface area contributed by atoms with Gasteiger partial charge in [0.2, 0.25) is 0 Å². The molecular formula is C14H20N2O2. The van der Waals surface area contributed by atoms with Crippen LogP contribution < -0.4 is 10.1 Å². The lowest BCUT2D eigenvalue weighted by molar-refractivity contribution is 0.127. The SMILES string of the molecule is CCOCC(C)NCc1ccccc1OCC#N. The fourth-order valence-electron chi connectivity index (χ4n) is 1.54. The minimum Gasteiger partial charge on any atom is -0.478 e. The van der Waals surface area contributed by atoms with Gasteiger partial charge >= 0.3 is 0 Å². The highest BCUT2D eigenvalue weighted by atomic mass is 16.5. The standard InChI is InChI=1S/C14H20N2O2/c1-3-17-11-12(2)16-10-13-6-4-5-7-14(13)18-9-8-15/h4-7,12,16H,3,9-11H2,1-2H3. The lowest BCUT2D eigenvalue weighted by atomic mass is 10.2. The average molecular weight is 248 g/mol. The molecule has 0 saturated heterocycles. The van der Waals surface area contributed by atoms with E-state index in [1.54, 1.807) is 0 Å². The number of ether oxygens (including phenoxy) is 2. The van der Waals surface area contributed by atoms with Crippen LogP contribution in [0.3, 0.4) is 0 Å². The number of hydrogen-bond donors (Lipinski definition) is 1. The Morgan fingerprint density at radius 1 is 1.39 bits per heavy atom. The molecule has 0 radical (unpaired) electrons. The lowest BCUT2D eigenvalue weighted by Crippen LogP contribution is -2.30. The molecule has 18 heavy (non-hydrogen) atoms. The maximum Gasteiger partial charge on any atom is 0.174 e. The summed E-state index contributed by atoms with van der Waals surface area (Å²) in [6.45, 7) is 6.26. The van der Waals surface area contributed by atoms with Gasteiger partial charge in [0.05, 0.1) is 6.61 Å². The van der Waals surface area contributed by atoms with Crippen molar-refractivity contribution >= 4 is 0 Å². The number of para-hydroxylation sites is 1. The molecule has 0 aromatic heterocycles. The molecule has 1 atom stereocenters. The van der Waals surface area contributed by atoms with Crippen LogP contribution in [0, 0.1) is 11.3 Å². The summed E-state index contributed by atoms with van der Waals surface area (Å²) in [4.78, 5) is 0. The first-order valence-electron chi connectivity index (χ1n) is 6.16. The second-order valence-electron chi connectivity index (χ2n) is 4.00. The van der Waals surface area contributed by atoms with Gasteiger partial charge in [-0.3, -0.25) is 0 Å². The van der Waals surface area contributed by atoms with Crippen LogP contribution in [0.15, 0.2) is 24.3 Å². The summed E-state index contributed by atoms with van der Waals surface area (Å²) in [7, 11) is 0. The predicted molar refractivity (Wildman–Crippen MR) is 70.3 cm³/mol. The molecule has 1 unspecified atom stereocenters. The molecule has 0 aliphatic heterocycles. The van der Waals surface area contributed by atoms with E-state index in [0.29, 0.717) is 13.2 Å². The zero-order valence-electron chi connectivity index (χ0n) is 11.0. The summed E-state index contributed by atoms with van der Waals surface area (Å²) in [6.07, 6.45) is 0. The van der Waals surface area contributed by atoms with Gasteiger partial charge in [-0.25, -0.2) is 0 Å². The fourth-order valence-corrected chi connectivity index (χ4v) is 1.54. The van der Waals surface area contributed by atoms with E-state index in [1.807, 2.05) is 37.3 Å². The lowest BCUT2D eigenvalue weighted by Gasteiger charge is -2.15. The Morgan fingerprint density at radius 3 is 2.89 bits per heavy atom. The van der Waals surface area contributed by atoms with Crippen molar-refractivity contribution in [3.8, 4) is 11.8 Å². The van der Waals surface area contributed by atoms with E-state index in [4.69, 9.17) is 14.7 Å². The molecule has 4 heteroatoms. The highest BCUT2D eigenvalue weighted by Crippen LogP contribution is 2.17. The second-order valence-corrected chi connectivity index (χ2v) is 4.00. The molecule has 0 saturated carbocycles. The van der Waals surface area contributed by atoms with Gasteiger partial charge in [0.25, 0.3) is 0 Å². The van der Waals surface area contributed by atoms with Crippen LogP contribution in [0.25, 0.3) is 0 Å². The molecule has 1 aromatic rings. The Morgan fingerprint density at radius 2 is 2.17 bits per heavy atom. The number of rotatable bonds is 8. The highest BCUT2D eigenvalue weighted by Gasteiger charge is 2.05. The maximum absolute atomic E-state index is 8.53. The zero-order chi connectivity index (χ0) is 13.2. The number of nitrogens with one attached hydrogen (secondary N) is 1. The third-order valence-electron chi connectivity index (χ3n) is 2.48. The molecule has 0 aliphatic rings. The van der Waals surface area contributed by atoms with Crippen molar-refractivity contribution in [1.82, 2.24) is 5.32 Å². The minimum atomic E-state index is 0.0749. The highest BCUT2D eigenvalue weighted by molar-refractivity contribution is 5.33. The van der Waals surface area contributed by atoms with E-state index >= 15 is 0 Å². The smallest absolute Gasteiger partial charge is 0.174 e. The Labute approximate surface area is 109 Å². The molecule has 1 N–H and O–H groups in total. The first-order valence-corrected chi connectivity index (χ1v) is 6.16. The molecule has 1 aromatic carbocycles. The summed E-state index contributed by atoms with van der Waals surface area (Å²) in [5.74, 6) is 0.759. The molecule has 0 amide bonds. The van der Waals surface area contributed by atoms with Crippen molar-refractivity contribution in [2.24, 2.45) is 0 Å². The molecular weight excluding hydrogens is 228 g/mol. The normalized spacial score (nSPS) is 11.8. The van der Waals surface area contributed by atoms with E-state index in [9.17, 15) is 0 Å². The van der Waals surface area contributed by atoms with Crippen molar-refractivity contribution in [3.63, 3.8) is 0 Å². The van der Waals surface area contributed by atoms with E-state index < -0.39 is 0 Å². The predicted octanol–water partition coefficient (Wildman–Crippen LogP) is 2.10. The molecule has 1 rings (SSSR count). The number of benzene rings is 1. The molecule has 0 spiro atoms. The summed E-state index contributed by atoms with van der Waals surface area (Å²) in [5.41, 5.74) is 1.05. The van der Waals surface area contributed by atoms with Gasteiger partial charge in [0.1, 0.15) is 11.8 Å². The van der Waals surface area contributed by atoms with Crippen molar-refractivity contribution in [1.29, 1.82) is 5.26 Å². The van der Waals surface area contributed by atoms with Crippen molar-refractivity contribution in [3.05, 3.63) is 29.8 Å². The van der Waals surface area contributed by atoms with Gasteiger partial charge in [-0.1, -0.05) is 18.2 Å². The largest absolute Gasteiger partial charge is 0.478 e. The summed E-state index contributed by atoms with van der Waals surface area (Å²) >= 11 is 0. The average Bonchev–Trinajstić information content (AvgIpc) is 2.41. The van der Waals surface area contributed by atoms with Gasteiger partial charge in [0, 0.05) is 24.8 Å². The Bertz CT molecular complexity index is 388. The van der Waals surface area contributed by atoms with E-state index in [0.717, 1.165) is 17.9 Å². The monoisotopic (exact) mass is 248 g/mol. The summed E-state index contributed by atoms with van der Waals surface area (Å²) < 4.78 is 10.7. The maximum atomic E-state index is 8.53. The quantitative estimate of drug-likeness (QED) is 0.765. The Hall–Kier alpha value is -1.57. The Kier molecular flexibility index (Phi) is 6.85. The third kappa shape index (κ3) is 5.17. The van der Waals surface area contributed by atoms with E-state index in [2.05, 4.69) is 12.2 Å². The number of nitrogens with zero attached hydrogens (tertiary/aromatic N) is 1. The van der Waals surface area contributed by atoms with Crippen LogP contribution in [-0.4, -0.2) is 25.9 Å². The second kappa shape index (κ2) is 8.51. The molecule has 98 valence electrons. The molecule has 0 bridgehead atoms. The van der Waals surface area contributed by atoms with Gasteiger partial charge in [0.15, 0.2) is 6.61 Å². The first-order chi connectivity index (χ1) is 8.77. The molecule has 0 aliphatic carbocycles. The molecule has 0 fully saturated rings. The van der Waals surface area contributed by atoms with Crippen LogP contribution in [0.2, 0.25) is 0 Å². The van der Waals surface area contributed by atoms with E-state index in [-0.39, 0.29) is 12.6 Å². The zero-order valence-corrected chi connectivity index (χ0v) is 11.0. The van der Waals surface area contributed by atoms with Crippen LogP contribution in [0.5, 0.6) is 5.75 Å². The van der Waals surface area contributed by atoms with Crippen molar-refractivity contribution in [2.75, 3.05) is 19.8 Å². The van der Waals surface area contributed by atoms with Crippen LogP contribution in [-0.2, 0) is 11.3 Å².